The summed E-state index contributed by atoms with van der Waals surface area (Å²) in [7, 11) is 0. The van der Waals surface area contributed by atoms with E-state index in [0.717, 1.165) is 55.5 Å². The lowest BCUT2D eigenvalue weighted by Gasteiger charge is -2.62. The lowest BCUT2D eigenvalue weighted by molar-refractivity contribution is -0.163. The Morgan fingerprint density at radius 2 is 1.73 bits per heavy atom. The van der Waals surface area contributed by atoms with Crippen LogP contribution in [0.4, 0.5) is 0 Å². The van der Waals surface area contributed by atoms with Crippen LogP contribution in [-0.2, 0) is 4.74 Å². The maximum atomic E-state index is 11.5. The van der Waals surface area contributed by atoms with Crippen LogP contribution < -0.4 is 0 Å². The van der Waals surface area contributed by atoms with Crippen molar-refractivity contribution in [1.29, 1.82) is 0 Å². The summed E-state index contributed by atoms with van der Waals surface area (Å²) in [5.41, 5.74) is 0.580. The minimum Gasteiger partial charge on any atom is -0.389 e. The molecule has 0 aromatic rings. The molecule has 0 unspecified atom stereocenters. The molecule has 4 aliphatic carbocycles. The number of epoxide rings is 1. The van der Waals surface area contributed by atoms with Crippen molar-refractivity contribution >= 4 is 0 Å². The number of rotatable bonds is 2. The molecule has 1 aliphatic heterocycles. The molecule has 0 aromatic carbocycles. The van der Waals surface area contributed by atoms with E-state index >= 15 is 0 Å². The molecule has 1 heterocycles. The van der Waals surface area contributed by atoms with Crippen molar-refractivity contribution in [2.75, 3.05) is 6.61 Å². The zero-order valence-electron chi connectivity index (χ0n) is 17.5. The van der Waals surface area contributed by atoms with Gasteiger partial charge in [-0.1, -0.05) is 34.1 Å². The number of ether oxygens (including phenoxy) is 1. The van der Waals surface area contributed by atoms with Crippen LogP contribution in [0.15, 0.2) is 0 Å². The quantitative estimate of drug-likeness (QED) is 0.652. The molecule has 0 bridgehead atoms. The molecule has 1 saturated heterocycles. The van der Waals surface area contributed by atoms with E-state index in [1.54, 1.807) is 0 Å². The first-order valence-corrected chi connectivity index (χ1v) is 11.6. The third-order valence-corrected chi connectivity index (χ3v) is 10.8. The number of fused-ring (bicyclic) bond motifs is 5. The highest BCUT2D eigenvalue weighted by Crippen LogP contribution is 2.70. The molecular weight excluding hydrogens is 320 g/mol. The lowest BCUT2D eigenvalue weighted by Crippen LogP contribution is -2.58. The van der Waals surface area contributed by atoms with E-state index in [2.05, 4.69) is 27.7 Å². The third kappa shape index (κ3) is 2.12. The first-order valence-electron chi connectivity index (χ1n) is 11.6. The zero-order valence-corrected chi connectivity index (χ0v) is 17.5. The zero-order chi connectivity index (χ0) is 18.4. The molecule has 4 saturated carbocycles. The van der Waals surface area contributed by atoms with E-state index < -0.39 is 0 Å². The fraction of sp³-hybridized carbons (Fsp3) is 1.00. The SMILES string of the molecule is CCC[C@]1(O)CC[C@H]2[C@@H]3CC[C@@H]4C[C@@]5(CO5)[C@H](C)C[C@]4(C)[C@H]3CC[C@@]21C. The molecule has 9 atom stereocenters. The largest absolute Gasteiger partial charge is 0.389 e. The van der Waals surface area contributed by atoms with Crippen LogP contribution in [0.3, 0.4) is 0 Å². The van der Waals surface area contributed by atoms with Gasteiger partial charge in [0.15, 0.2) is 0 Å². The minimum absolute atomic E-state index is 0.175. The van der Waals surface area contributed by atoms with Crippen LogP contribution in [0.1, 0.15) is 91.9 Å². The summed E-state index contributed by atoms with van der Waals surface area (Å²) in [5, 5.41) is 11.5. The van der Waals surface area contributed by atoms with Gasteiger partial charge in [0.1, 0.15) is 0 Å². The number of hydrogen-bond donors (Lipinski definition) is 1. The van der Waals surface area contributed by atoms with Crippen LogP contribution >= 0.6 is 0 Å². The molecule has 2 nitrogen and oxygen atoms in total. The van der Waals surface area contributed by atoms with Crippen molar-refractivity contribution < 1.29 is 9.84 Å². The number of aliphatic hydroxyl groups is 1. The fourth-order valence-corrected chi connectivity index (χ4v) is 9.08. The van der Waals surface area contributed by atoms with Gasteiger partial charge in [0.2, 0.25) is 0 Å². The average molecular weight is 361 g/mol. The van der Waals surface area contributed by atoms with Gasteiger partial charge in [0.25, 0.3) is 0 Å². The molecule has 5 fully saturated rings. The molecule has 148 valence electrons. The van der Waals surface area contributed by atoms with E-state index in [9.17, 15) is 5.11 Å². The second-order valence-corrected chi connectivity index (χ2v) is 11.6. The van der Waals surface area contributed by atoms with E-state index in [1.165, 1.54) is 44.9 Å². The van der Waals surface area contributed by atoms with Crippen molar-refractivity contribution in [1.82, 2.24) is 0 Å². The predicted molar refractivity (Wildman–Crippen MR) is 105 cm³/mol. The van der Waals surface area contributed by atoms with Gasteiger partial charge >= 0.3 is 0 Å². The second kappa shape index (κ2) is 5.50. The second-order valence-electron chi connectivity index (χ2n) is 11.6. The van der Waals surface area contributed by atoms with Gasteiger partial charge in [-0.3, -0.25) is 0 Å². The Morgan fingerprint density at radius 3 is 2.42 bits per heavy atom. The molecule has 5 aliphatic rings. The first kappa shape index (κ1) is 18.0. The third-order valence-electron chi connectivity index (χ3n) is 10.8. The molecule has 26 heavy (non-hydrogen) atoms. The molecule has 2 heteroatoms. The summed E-state index contributed by atoms with van der Waals surface area (Å²) < 4.78 is 5.99. The minimum atomic E-state index is -0.388. The van der Waals surface area contributed by atoms with Gasteiger partial charge in [-0.05, 0) is 98.2 Å². The smallest absolute Gasteiger partial charge is 0.0944 e. The van der Waals surface area contributed by atoms with Crippen molar-refractivity contribution in [3.63, 3.8) is 0 Å². The Morgan fingerprint density at radius 1 is 1.00 bits per heavy atom. The Labute approximate surface area is 160 Å². The van der Waals surface area contributed by atoms with Gasteiger partial charge in [0, 0.05) is 0 Å². The van der Waals surface area contributed by atoms with E-state index in [4.69, 9.17) is 4.74 Å². The molecule has 1 spiro atoms. The normalized spacial score (nSPS) is 61.0. The summed E-state index contributed by atoms with van der Waals surface area (Å²) >= 11 is 0. The van der Waals surface area contributed by atoms with Crippen LogP contribution in [0.5, 0.6) is 0 Å². The van der Waals surface area contributed by atoms with Crippen molar-refractivity contribution in [3.05, 3.63) is 0 Å². The van der Waals surface area contributed by atoms with Gasteiger partial charge in [-0.15, -0.1) is 0 Å². The average Bonchev–Trinajstić information content (AvgIpc) is 3.31. The molecule has 0 aromatic heterocycles. The van der Waals surface area contributed by atoms with E-state index in [0.29, 0.717) is 5.41 Å². The predicted octanol–water partition coefficient (Wildman–Crippen LogP) is 5.58. The van der Waals surface area contributed by atoms with Crippen molar-refractivity contribution in [2.45, 2.75) is 103 Å². The Bertz CT molecular complexity index is 583. The lowest BCUT2D eigenvalue weighted by atomic mass is 9.43. The highest BCUT2D eigenvalue weighted by molar-refractivity contribution is 5.16. The molecule has 1 N–H and O–H groups in total. The highest BCUT2D eigenvalue weighted by Gasteiger charge is 2.67. The Balaban J connectivity index is 1.43. The van der Waals surface area contributed by atoms with E-state index in [-0.39, 0.29) is 16.6 Å². The maximum absolute atomic E-state index is 11.5. The number of hydrogen-bond acceptors (Lipinski definition) is 2. The highest BCUT2D eigenvalue weighted by atomic mass is 16.6. The van der Waals surface area contributed by atoms with Crippen LogP contribution in [0.25, 0.3) is 0 Å². The summed E-state index contributed by atoms with van der Waals surface area (Å²) in [6.07, 6.45) is 12.6. The van der Waals surface area contributed by atoms with Crippen molar-refractivity contribution in [3.8, 4) is 0 Å². The standard InChI is InChI=1S/C24H40O2/c1-5-10-24(25)12-9-20-18-7-6-17-14-23(15-26-23)16(2)13-21(17,3)19(18)8-11-22(20,24)4/h16-20,25H,5-15H2,1-4H3/t16-,17-,18-,19+,20+,21+,22+,23-,24+/m1/s1. The molecule has 0 radical (unpaired) electrons. The molecular formula is C24H40O2. The Kier molecular flexibility index (Phi) is 3.80. The van der Waals surface area contributed by atoms with Crippen molar-refractivity contribution in [2.24, 2.45) is 40.4 Å². The summed E-state index contributed by atoms with van der Waals surface area (Å²) in [5.74, 6) is 4.13. The summed E-state index contributed by atoms with van der Waals surface area (Å²) in [6, 6.07) is 0. The summed E-state index contributed by atoms with van der Waals surface area (Å²) in [6.45, 7) is 10.8. The van der Waals surface area contributed by atoms with Gasteiger partial charge < -0.3 is 9.84 Å². The van der Waals surface area contributed by atoms with E-state index in [1.807, 2.05) is 0 Å². The van der Waals surface area contributed by atoms with Crippen LogP contribution in [-0.4, -0.2) is 22.9 Å². The maximum Gasteiger partial charge on any atom is 0.0944 e. The topological polar surface area (TPSA) is 32.8 Å². The van der Waals surface area contributed by atoms with Gasteiger partial charge in [0.05, 0.1) is 17.8 Å². The van der Waals surface area contributed by atoms with Gasteiger partial charge in [-0.2, -0.15) is 0 Å². The van der Waals surface area contributed by atoms with Crippen LogP contribution in [0, 0.1) is 40.4 Å². The van der Waals surface area contributed by atoms with Crippen LogP contribution in [0.2, 0.25) is 0 Å². The Hall–Kier alpha value is -0.0800. The first-order chi connectivity index (χ1) is 12.3. The van der Waals surface area contributed by atoms with Gasteiger partial charge in [-0.25, -0.2) is 0 Å². The monoisotopic (exact) mass is 360 g/mol. The molecule has 5 rings (SSSR count). The molecule has 0 amide bonds. The fourth-order valence-electron chi connectivity index (χ4n) is 9.08. The summed E-state index contributed by atoms with van der Waals surface area (Å²) in [4.78, 5) is 0.